The Balaban J connectivity index is 1.78. The monoisotopic (exact) mass is 462 g/mol. The molecule has 0 saturated carbocycles. The summed E-state index contributed by atoms with van der Waals surface area (Å²) in [6.45, 7) is 3.16. The van der Waals surface area contributed by atoms with Gasteiger partial charge in [-0.25, -0.2) is 8.42 Å². The number of methoxy groups -OCH3 is 2. The van der Waals surface area contributed by atoms with Crippen molar-refractivity contribution in [3.8, 4) is 11.5 Å². The van der Waals surface area contributed by atoms with Crippen molar-refractivity contribution in [2.75, 3.05) is 39.3 Å². The van der Waals surface area contributed by atoms with Crippen molar-refractivity contribution in [3.63, 3.8) is 0 Å². The van der Waals surface area contributed by atoms with E-state index in [2.05, 4.69) is 5.32 Å². The average Bonchev–Trinajstić information content (AvgIpc) is 2.79. The minimum absolute atomic E-state index is 0.0536. The highest BCUT2D eigenvalue weighted by atomic mass is 32.2. The second kappa shape index (κ2) is 10.8. The van der Waals surface area contributed by atoms with Crippen LogP contribution in [0.25, 0.3) is 0 Å². The van der Waals surface area contributed by atoms with Crippen LogP contribution in [-0.2, 0) is 14.8 Å². The van der Waals surface area contributed by atoms with Crippen LogP contribution in [0.1, 0.15) is 36.5 Å². The molecule has 1 heterocycles. The second-order valence-electron chi connectivity index (χ2n) is 7.65. The zero-order valence-corrected chi connectivity index (χ0v) is 19.5. The van der Waals surface area contributed by atoms with Crippen LogP contribution in [0.5, 0.6) is 11.5 Å². The van der Waals surface area contributed by atoms with E-state index in [4.69, 9.17) is 14.2 Å². The summed E-state index contributed by atoms with van der Waals surface area (Å²) in [6.07, 6.45) is 2.70. The highest BCUT2D eigenvalue weighted by molar-refractivity contribution is 7.89. The second-order valence-corrected chi connectivity index (χ2v) is 9.54. The Morgan fingerprint density at radius 1 is 1.09 bits per heavy atom. The SMILES string of the molecule is COCCOc1cc(NC(=O)c2cccc(S(=O)(=O)N3CCCCC3C)c2)ccc1OC. The summed E-state index contributed by atoms with van der Waals surface area (Å²) in [7, 11) is -0.549. The van der Waals surface area contributed by atoms with Crippen molar-refractivity contribution in [2.24, 2.45) is 0 Å². The van der Waals surface area contributed by atoms with Crippen LogP contribution in [-0.4, -0.2) is 58.7 Å². The summed E-state index contributed by atoms with van der Waals surface area (Å²) in [5, 5.41) is 2.79. The Kier molecular flexibility index (Phi) is 8.11. The van der Waals surface area contributed by atoms with Gasteiger partial charge < -0.3 is 19.5 Å². The fraction of sp³-hybridized carbons (Fsp3) is 0.435. The molecule has 3 rings (SSSR count). The van der Waals surface area contributed by atoms with Crippen LogP contribution in [0.15, 0.2) is 47.4 Å². The molecule has 1 fully saturated rings. The number of nitrogens with zero attached hydrogens (tertiary/aromatic N) is 1. The van der Waals surface area contributed by atoms with Gasteiger partial charge in [-0.3, -0.25) is 4.79 Å². The molecule has 1 unspecified atom stereocenters. The summed E-state index contributed by atoms with van der Waals surface area (Å²) in [5.74, 6) is 0.586. The molecule has 1 atom stereocenters. The molecule has 1 amide bonds. The van der Waals surface area contributed by atoms with Crippen molar-refractivity contribution in [3.05, 3.63) is 48.0 Å². The van der Waals surface area contributed by atoms with Crippen molar-refractivity contribution in [2.45, 2.75) is 37.1 Å². The third-order valence-corrected chi connectivity index (χ3v) is 7.42. The van der Waals surface area contributed by atoms with E-state index < -0.39 is 15.9 Å². The lowest BCUT2D eigenvalue weighted by atomic mass is 10.1. The normalized spacial score (nSPS) is 17.0. The van der Waals surface area contributed by atoms with Gasteiger partial charge in [0.1, 0.15) is 6.61 Å². The zero-order valence-electron chi connectivity index (χ0n) is 18.7. The Morgan fingerprint density at radius 2 is 1.91 bits per heavy atom. The summed E-state index contributed by atoms with van der Waals surface area (Å²) in [5.41, 5.74) is 0.759. The lowest BCUT2D eigenvalue weighted by molar-refractivity contribution is 0.102. The number of ether oxygens (including phenoxy) is 3. The quantitative estimate of drug-likeness (QED) is 0.573. The highest BCUT2D eigenvalue weighted by Crippen LogP contribution is 2.31. The predicted molar refractivity (Wildman–Crippen MR) is 122 cm³/mol. The van der Waals surface area contributed by atoms with Crippen LogP contribution < -0.4 is 14.8 Å². The maximum absolute atomic E-state index is 13.1. The van der Waals surface area contributed by atoms with Crippen molar-refractivity contribution >= 4 is 21.6 Å². The first-order valence-electron chi connectivity index (χ1n) is 10.6. The molecule has 1 aliphatic heterocycles. The number of amides is 1. The third-order valence-electron chi connectivity index (χ3n) is 5.41. The van der Waals surface area contributed by atoms with Crippen molar-refractivity contribution in [1.82, 2.24) is 4.31 Å². The maximum atomic E-state index is 13.1. The van der Waals surface area contributed by atoms with Gasteiger partial charge in [0.25, 0.3) is 5.91 Å². The number of hydrogen-bond acceptors (Lipinski definition) is 6. The third kappa shape index (κ3) is 5.59. The fourth-order valence-electron chi connectivity index (χ4n) is 3.67. The number of nitrogens with one attached hydrogen (secondary N) is 1. The number of piperidine rings is 1. The van der Waals surface area contributed by atoms with E-state index >= 15 is 0 Å². The van der Waals surface area contributed by atoms with E-state index in [1.54, 1.807) is 37.4 Å². The number of hydrogen-bond donors (Lipinski definition) is 1. The molecule has 174 valence electrons. The number of rotatable bonds is 9. The molecule has 2 aromatic rings. The van der Waals surface area contributed by atoms with Gasteiger partial charge in [0.05, 0.1) is 18.6 Å². The number of carbonyl (C=O) groups excluding carboxylic acids is 1. The first kappa shape index (κ1) is 24.0. The topological polar surface area (TPSA) is 94.2 Å². The molecule has 0 aromatic heterocycles. The number of carbonyl (C=O) groups is 1. The van der Waals surface area contributed by atoms with Gasteiger partial charge in [-0.1, -0.05) is 12.5 Å². The highest BCUT2D eigenvalue weighted by Gasteiger charge is 2.31. The Hall–Kier alpha value is -2.62. The van der Waals surface area contributed by atoms with Gasteiger partial charge in [0.2, 0.25) is 10.0 Å². The number of sulfonamides is 1. The molecule has 2 aromatic carbocycles. The Bertz CT molecular complexity index is 1040. The van der Waals surface area contributed by atoms with E-state index in [9.17, 15) is 13.2 Å². The molecular formula is C23H30N2O6S. The van der Waals surface area contributed by atoms with Crippen LogP contribution in [0.4, 0.5) is 5.69 Å². The lowest BCUT2D eigenvalue weighted by Crippen LogP contribution is -2.41. The average molecular weight is 463 g/mol. The maximum Gasteiger partial charge on any atom is 0.255 e. The van der Waals surface area contributed by atoms with Crippen LogP contribution in [0, 0.1) is 0 Å². The minimum atomic E-state index is -3.66. The molecule has 0 aliphatic carbocycles. The van der Waals surface area contributed by atoms with Gasteiger partial charge in [0, 0.05) is 37.0 Å². The summed E-state index contributed by atoms with van der Waals surface area (Å²) < 4.78 is 43.7. The van der Waals surface area contributed by atoms with E-state index in [1.807, 2.05) is 6.92 Å². The fourth-order valence-corrected chi connectivity index (χ4v) is 5.41. The minimum Gasteiger partial charge on any atom is -0.493 e. The van der Waals surface area contributed by atoms with Crippen LogP contribution in [0.2, 0.25) is 0 Å². The van der Waals surface area contributed by atoms with Gasteiger partial charge in [-0.05, 0) is 50.1 Å². The number of benzene rings is 2. The van der Waals surface area contributed by atoms with Gasteiger partial charge in [-0.2, -0.15) is 4.31 Å². The number of anilines is 1. The molecular weight excluding hydrogens is 432 g/mol. The lowest BCUT2D eigenvalue weighted by Gasteiger charge is -2.32. The molecule has 1 N–H and O–H groups in total. The zero-order chi connectivity index (χ0) is 23.1. The summed E-state index contributed by atoms with van der Waals surface area (Å²) >= 11 is 0. The van der Waals surface area contributed by atoms with Gasteiger partial charge in [-0.15, -0.1) is 0 Å². The van der Waals surface area contributed by atoms with Gasteiger partial charge in [0.15, 0.2) is 11.5 Å². The van der Waals surface area contributed by atoms with Crippen LogP contribution >= 0.6 is 0 Å². The Morgan fingerprint density at radius 3 is 2.62 bits per heavy atom. The van der Waals surface area contributed by atoms with Crippen molar-refractivity contribution in [1.29, 1.82) is 0 Å². The van der Waals surface area contributed by atoms with Crippen molar-refractivity contribution < 1.29 is 27.4 Å². The molecule has 0 radical (unpaired) electrons. The first-order chi connectivity index (χ1) is 15.4. The molecule has 1 aliphatic rings. The standard InChI is InChI=1S/C23H30N2O6S/c1-17-7-4-5-12-25(17)32(27,28)20-9-6-8-18(15-20)23(26)24-19-10-11-21(30-3)22(16-19)31-14-13-29-2/h6,8-11,15-17H,4-5,7,12-14H2,1-3H3,(H,24,26). The predicted octanol–water partition coefficient (Wildman–Crippen LogP) is 3.54. The molecule has 0 spiro atoms. The largest absolute Gasteiger partial charge is 0.493 e. The first-order valence-corrected chi connectivity index (χ1v) is 12.0. The summed E-state index contributed by atoms with van der Waals surface area (Å²) in [4.78, 5) is 13.0. The van der Waals surface area contributed by atoms with Gasteiger partial charge >= 0.3 is 0 Å². The molecule has 9 heteroatoms. The van der Waals surface area contributed by atoms with E-state index in [-0.39, 0.29) is 16.5 Å². The smallest absolute Gasteiger partial charge is 0.255 e. The van der Waals surface area contributed by atoms with E-state index in [0.29, 0.717) is 36.9 Å². The van der Waals surface area contributed by atoms with E-state index in [1.165, 1.54) is 23.5 Å². The Labute approximate surface area is 189 Å². The van der Waals surface area contributed by atoms with Crippen LogP contribution in [0.3, 0.4) is 0 Å². The molecule has 1 saturated heterocycles. The molecule has 32 heavy (non-hydrogen) atoms. The molecule has 8 nitrogen and oxygen atoms in total. The van der Waals surface area contributed by atoms with E-state index in [0.717, 1.165) is 19.3 Å². The summed E-state index contributed by atoms with van der Waals surface area (Å²) in [6, 6.07) is 11.1. The molecule has 0 bridgehead atoms.